The number of nitrogens with one attached hydrogen (secondary N) is 2. The molecule has 1 amide bonds. The maximum Gasteiger partial charge on any atom is 0.224 e. The molecule has 0 radical (unpaired) electrons. The van der Waals surface area contributed by atoms with Crippen LogP contribution in [0.2, 0.25) is 5.02 Å². The van der Waals surface area contributed by atoms with Crippen LogP contribution >= 0.6 is 11.6 Å². The predicted molar refractivity (Wildman–Crippen MR) is 70.8 cm³/mol. The first kappa shape index (κ1) is 13.2. The molecule has 1 fully saturated rings. The van der Waals surface area contributed by atoms with Crippen LogP contribution < -0.4 is 15.4 Å². The Morgan fingerprint density at radius 2 is 2.44 bits per heavy atom. The number of methoxy groups -OCH3 is 1. The van der Waals surface area contributed by atoms with Crippen LogP contribution in [0.25, 0.3) is 0 Å². The van der Waals surface area contributed by atoms with Crippen molar-refractivity contribution in [2.24, 2.45) is 5.92 Å². The Morgan fingerprint density at radius 1 is 1.61 bits per heavy atom. The second-order valence-electron chi connectivity index (χ2n) is 4.38. The normalized spacial score (nSPS) is 18.7. The molecule has 2 N–H and O–H groups in total. The van der Waals surface area contributed by atoms with E-state index in [9.17, 15) is 4.79 Å². The predicted octanol–water partition coefficient (Wildman–Crippen LogP) is 1.57. The molecule has 1 aliphatic heterocycles. The standard InChI is InChI=1S/C13H17ClN2O2/c1-18-12-3-2-9(6-11(12)14)7-16-13(17)10-4-5-15-8-10/h2-3,6,10,15H,4-5,7-8H2,1H3,(H,16,17). The summed E-state index contributed by atoms with van der Waals surface area (Å²) in [4.78, 5) is 11.8. The van der Waals surface area contributed by atoms with Gasteiger partial charge in [-0.1, -0.05) is 17.7 Å². The van der Waals surface area contributed by atoms with Crippen LogP contribution in [-0.2, 0) is 11.3 Å². The van der Waals surface area contributed by atoms with Crippen LogP contribution in [0.15, 0.2) is 18.2 Å². The van der Waals surface area contributed by atoms with Crippen LogP contribution in [0.1, 0.15) is 12.0 Å². The van der Waals surface area contributed by atoms with Gasteiger partial charge in [0.15, 0.2) is 0 Å². The molecule has 0 aromatic heterocycles. The van der Waals surface area contributed by atoms with E-state index in [0.717, 1.165) is 25.1 Å². The van der Waals surface area contributed by atoms with Crippen molar-refractivity contribution in [3.8, 4) is 5.75 Å². The Kier molecular flexibility index (Phi) is 4.44. The quantitative estimate of drug-likeness (QED) is 0.872. The number of carbonyl (C=O) groups excluding carboxylic acids is 1. The zero-order valence-electron chi connectivity index (χ0n) is 10.3. The topological polar surface area (TPSA) is 50.4 Å². The van der Waals surface area contributed by atoms with Crippen molar-refractivity contribution < 1.29 is 9.53 Å². The average Bonchev–Trinajstić information content (AvgIpc) is 2.90. The van der Waals surface area contributed by atoms with E-state index in [1.165, 1.54) is 0 Å². The van der Waals surface area contributed by atoms with Gasteiger partial charge in [0.1, 0.15) is 5.75 Å². The SMILES string of the molecule is COc1ccc(CNC(=O)C2CCNC2)cc1Cl. The van der Waals surface area contributed by atoms with E-state index in [4.69, 9.17) is 16.3 Å². The van der Waals surface area contributed by atoms with Crippen molar-refractivity contribution >= 4 is 17.5 Å². The molecule has 5 heteroatoms. The highest BCUT2D eigenvalue weighted by atomic mass is 35.5. The average molecular weight is 269 g/mol. The van der Waals surface area contributed by atoms with Gasteiger partial charge < -0.3 is 15.4 Å². The Bertz CT molecular complexity index is 431. The summed E-state index contributed by atoms with van der Waals surface area (Å²) in [6.45, 7) is 2.20. The summed E-state index contributed by atoms with van der Waals surface area (Å²) in [6.07, 6.45) is 0.912. The zero-order chi connectivity index (χ0) is 13.0. The number of ether oxygens (including phenoxy) is 1. The minimum Gasteiger partial charge on any atom is -0.495 e. The first-order chi connectivity index (χ1) is 8.70. The van der Waals surface area contributed by atoms with Gasteiger partial charge in [0.05, 0.1) is 18.1 Å². The molecule has 1 saturated heterocycles. The fourth-order valence-electron chi connectivity index (χ4n) is 2.03. The van der Waals surface area contributed by atoms with Crippen molar-refractivity contribution in [1.82, 2.24) is 10.6 Å². The largest absolute Gasteiger partial charge is 0.495 e. The fraction of sp³-hybridized carbons (Fsp3) is 0.462. The van der Waals surface area contributed by atoms with Gasteiger partial charge in [-0.3, -0.25) is 4.79 Å². The maximum absolute atomic E-state index is 11.8. The van der Waals surface area contributed by atoms with Gasteiger partial charge in [-0.25, -0.2) is 0 Å². The highest BCUT2D eigenvalue weighted by Gasteiger charge is 2.21. The molecule has 0 aliphatic carbocycles. The Hall–Kier alpha value is -1.26. The molecule has 18 heavy (non-hydrogen) atoms. The Balaban J connectivity index is 1.89. The first-order valence-electron chi connectivity index (χ1n) is 6.01. The number of halogens is 1. The van der Waals surface area contributed by atoms with E-state index in [2.05, 4.69) is 10.6 Å². The number of carbonyl (C=O) groups is 1. The molecule has 1 aliphatic rings. The Morgan fingerprint density at radius 3 is 3.06 bits per heavy atom. The summed E-state index contributed by atoms with van der Waals surface area (Å²) in [6, 6.07) is 5.52. The van der Waals surface area contributed by atoms with Crippen molar-refractivity contribution in [2.45, 2.75) is 13.0 Å². The molecular weight excluding hydrogens is 252 g/mol. The molecule has 0 spiro atoms. The van der Waals surface area contributed by atoms with Crippen LogP contribution in [0.5, 0.6) is 5.75 Å². The van der Waals surface area contributed by atoms with Crippen LogP contribution in [0, 0.1) is 5.92 Å². The molecule has 1 aromatic carbocycles. The lowest BCUT2D eigenvalue weighted by molar-refractivity contribution is -0.124. The van der Waals surface area contributed by atoms with Gasteiger partial charge >= 0.3 is 0 Å². The number of hydrogen-bond acceptors (Lipinski definition) is 3. The lowest BCUT2D eigenvalue weighted by atomic mass is 10.1. The zero-order valence-corrected chi connectivity index (χ0v) is 11.1. The van der Waals surface area contributed by atoms with E-state index in [1.54, 1.807) is 13.2 Å². The third-order valence-corrected chi connectivity index (χ3v) is 3.41. The molecule has 0 bridgehead atoms. The molecule has 4 nitrogen and oxygen atoms in total. The number of hydrogen-bond donors (Lipinski definition) is 2. The van der Waals surface area contributed by atoms with Crippen LogP contribution in [-0.4, -0.2) is 26.1 Å². The minimum absolute atomic E-state index is 0.0960. The molecule has 1 atom stereocenters. The molecule has 1 unspecified atom stereocenters. The maximum atomic E-state index is 11.8. The summed E-state index contributed by atoms with van der Waals surface area (Å²) < 4.78 is 5.08. The number of rotatable bonds is 4. The highest BCUT2D eigenvalue weighted by molar-refractivity contribution is 6.32. The summed E-state index contributed by atoms with van der Waals surface area (Å²) in [5.74, 6) is 0.845. The van der Waals surface area contributed by atoms with Gasteiger partial charge in [0.2, 0.25) is 5.91 Å². The lowest BCUT2D eigenvalue weighted by Crippen LogP contribution is -2.31. The van der Waals surface area contributed by atoms with E-state index in [0.29, 0.717) is 17.3 Å². The molecule has 0 saturated carbocycles. The summed E-state index contributed by atoms with van der Waals surface area (Å²) in [5.41, 5.74) is 0.972. The van der Waals surface area contributed by atoms with Gasteiger partial charge in [0, 0.05) is 13.1 Å². The second-order valence-corrected chi connectivity index (χ2v) is 4.78. The van der Waals surface area contributed by atoms with Gasteiger partial charge in [-0.15, -0.1) is 0 Å². The van der Waals surface area contributed by atoms with Crippen LogP contribution in [0.4, 0.5) is 0 Å². The van der Waals surface area contributed by atoms with Gasteiger partial charge in [0.25, 0.3) is 0 Å². The van der Waals surface area contributed by atoms with Gasteiger partial charge in [-0.05, 0) is 30.7 Å². The third-order valence-electron chi connectivity index (χ3n) is 3.11. The smallest absolute Gasteiger partial charge is 0.224 e. The second kappa shape index (κ2) is 6.07. The van der Waals surface area contributed by atoms with Crippen molar-refractivity contribution in [3.63, 3.8) is 0 Å². The van der Waals surface area contributed by atoms with Crippen molar-refractivity contribution in [3.05, 3.63) is 28.8 Å². The number of benzene rings is 1. The number of amides is 1. The molecule has 2 rings (SSSR count). The Labute approximate surface area is 112 Å². The van der Waals surface area contributed by atoms with Crippen LogP contribution in [0.3, 0.4) is 0 Å². The van der Waals surface area contributed by atoms with E-state index >= 15 is 0 Å². The summed E-state index contributed by atoms with van der Waals surface area (Å²) >= 11 is 6.02. The van der Waals surface area contributed by atoms with E-state index in [1.807, 2.05) is 12.1 Å². The monoisotopic (exact) mass is 268 g/mol. The van der Waals surface area contributed by atoms with Crippen molar-refractivity contribution in [1.29, 1.82) is 0 Å². The third kappa shape index (κ3) is 3.15. The highest BCUT2D eigenvalue weighted by Crippen LogP contribution is 2.24. The molecular formula is C13H17ClN2O2. The summed E-state index contributed by atoms with van der Waals surface area (Å²) in [5, 5.41) is 6.67. The minimum atomic E-state index is 0.0960. The lowest BCUT2D eigenvalue weighted by Gasteiger charge is -2.11. The molecule has 1 heterocycles. The van der Waals surface area contributed by atoms with E-state index < -0.39 is 0 Å². The molecule has 1 aromatic rings. The molecule has 98 valence electrons. The van der Waals surface area contributed by atoms with Crippen molar-refractivity contribution in [2.75, 3.05) is 20.2 Å². The summed E-state index contributed by atoms with van der Waals surface area (Å²) in [7, 11) is 1.58. The van der Waals surface area contributed by atoms with E-state index in [-0.39, 0.29) is 11.8 Å². The van der Waals surface area contributed by atoms with Gasteiger partial charge in [-0.2, -0.15) is 0 Å². The fourth-order valence-corrected chi connectivity index (χ4v) is 2.31. The first-order valence-corrected chi connectivity index (χ1v) is 6.39.